The second-order valence-corrected chi connectivity index (χ2v) is 4.64. The van der Waals surface area contributed by atoms with Crippen molar-refractivity contribution in [3.63, 3.8) is 0 Å². The minimum atomic E-state index is 0.338. The molecule has 1 N–H and O–H groups in total. The average Bonchev–Trinajstić information content (AvgIpc) is 2.43. The van der Waals surface area contributed by atoms with Crippen molar-refractivity contribution >= 4 is 0 Å². The van der Waals surface area contributed by atoms with Crippen LogP contribution in [0.4, 0.5) is 0 Å². The van der Waals surface area contributed by atoms with Gasteiger partial charge in [-0.05, 0) is 38.0 Å². The van der Waals surface area contributed by atoms with Gasteiger partial charge in [-0.15, -0.1) is 0 Å². The fourth-order valence-corrected chi connectivity index (χ4v) is 1.83. The molecule has 0 aliphatic rings. The van der Waals surface area contributed by atoms with Crippen LogP contribution in [0.1, 0.15) is 45.2 Å². The molecular formula is C16H27NO2. The smallest absolute Gasteiger partial charge is 0.119 e. The molecule has 1 rings (SSSR count). The van der Waals surface area contributed by atoms with Crippen molar-refractivity contribution in [1.29, 1.82) is 0 Å². The van der Waals surface area contributed by atoms with Crippen LogP contribution < -0.4 is 10.1 Å². The van der Waals surface area contributed by atoms with Crippen LogP contribution in [0, 0.1) is 0 Å². The minimum absolute atomic E-state index is 0.338. The van der Waals surface area contributed by atoms with E-state index in [-0.39, 0.29) is 0 Å². The Morgan fingerprint density at radius 2 is 1.84 bits per heavy atom. The van der Waals surface area contributed by atoms with Crippen molar-refractivity contribution in [3.05, 3.63) is 29.8 Å². The summed E-state index contributed by atoms with van der Waals surface area (Å²) in [7, 11) is 0. The third-order valence-corrected chi connectivity index (χ3v) is 3.03. The lowest BCUT2D eigenvalue weighted by atomic mass is 10.1. The predicted molar refractivity (Wildman–Crippen MR) is 79.8 cm³/mol. The Labute approximate surface area is 117 Å². The topological polar surface area (TPSA) is 30.5 Å². The lowest BCUT2D eigenvalue weighted by Crippen LogP contribution is -2.23. The van der Waals surface area contributed by atoms with Crippen LogP contribution in [0.25, 0.3) is 0 Å². The van der Waals surface area contributed by atoms with E-state index in [1.165, 1.54) is 12.0 Å². The van der Waals surface area contributed by atoms with Crippen LogP contribution >= 0.6 is 0 Å². The van der Waals surface area contributed by atoms with Gasteiger partial charge >= 0.3 is 0 Å². The maximum Gasteiger partial charge on any atom is 0.119 e. The van der Waals surface area contributed by atoms with Crippen molar-refractivity contribution in [2.45, 2.75) is 39.7 Å². The number of benzene rings is 1. The van der Waals surface area contributed by atoms with Crippen LogP contribution in [-0.2, 0) is 4.74 Å². The molecule has 0 fully saturated rings. The molecule has 1 atom stereocenters. The van der Waals surface area contributed by atoms with Gasteiger partial charge in [0.25, 0.3) is 0 Å². The van der Waals surface area contributed by atoms with Gasteiger partial charge in [0.1, 0.15) is 5.75 Å². The Balaban J connectivity index is 2.23. The van der Waals surface area contributed by atoms with Gasteiger partial charge in [-0.25, -0.2) is 0 Å². The lowest BCUT2D eigenvalue weighted by Gasteiger charge is -2.15. The van der Waals surface area contributed by atoms with E-state index in [9.17, 15) is 0 Å². The maximum atomic E-state index is 5.53. The molecule has 0 radical (unpaired) electrons. The molecule has 0 aromatic heterocycles. The summed E-state index contributed by atoms with van der Waals surface area (Å²) in [6.07, 6.45) is 2.34. The zero-order valence-electron chi connectivity index (χ0n) is 12.4. The predicted octanol–water partition coefficient (Wildman–Crippen LogP) is 3.55. The third-order valence-electron chi connectivity index (χ3n) is 3.03. The number of hydrogen-bond acceptors (Lipinski definition) is 3. The zero-order chi connectivity index (χ0) is 13.9. The van der Waals surface area contributed by atoms with Gasteiger partial charge in [0, 0.05) is 19.2 Å². The highest BCUT2D eigenvalue weighted by atomic mass is 16.5. The highest BCUT2D eigenvalue weighted by Gasteiger charge is 2.04. The Kier molecular flexibility index (Phi) is 8.26. The van der Waals surface area contributed by atoms with Gasteiger partial charge < -0.3 is 14.8 Å². The molecule has 3 nitrogen and oxygen atoms in total. The molecule has 1 aromatic carbocycles. The van der Waals surface area contributed by atoms with Crippen LogP contribution in [0.3, 0.4) is 0 Å². The number of unbranched alkanes of at least 4 members (excludes halogenated alkanes) is 1. The van der Waals surface area contributed by atoms with Crippen molar-refractivity contribution in [2.24, 2.45) is 0 Å². The summed E-state index contributed by atoms with van der Waals surface area (Å²) >= 11 is 0. The number of nitrogens with one attached hydrogen (secondary N) is 1. The Bertz CT molecular complexity index is 324. The summed E-state index contributed by atoms with van der Waals surface area (Å²) in [6, 6.07) is 8.61. The van der Waals surface area contributed by atoms with E-state index in [0.29, 0.717) is 12.6 Å². The van der Waals surface area contributed by atoms with Gasteiger partial charge in [0.15, 0.2) is 0 Å². The third kappa shape index (κ3) is 6.60. The van der Waals surface area contributed by atoms with E-state index in [4.69, 9.17) is 9.47 Å². The van der Waals surface area contributed by atoms with Crippen LogP contribution in [-0.4, -0.2) is 26.4 Å². The fourth-order valence-electron chi connectivity index (χ4n) is 1.83. The first kappa shape index (κ1) is 16.0. The lowest BCUT2D eigenvalue weighted by molar-refractivity contribution is 0.131. The summed E-state index contributed by atoms with van der Waals surface area (Å²) in [5, 5.41) is 3.46. The van der Waals surface area contributed by atoms with Crippen molar-refractivity contribution in [1.82, 2.24) is 5.32 Å². The average molecular weight is 265 g/mol. The largest absolute Gasteiger partial charge is 0.494 e. The molecule has 108 valence electrons. The summed E-state index contributed by atoms with van der Waals surface area (Å²) in [5.74, 6) is 0.932. The van der Waals surface area contributed by atoms with E-state index < -0.39 is 0 Å². The number of hydrogen-bond donors (Lipinski definition) is 1. The van der Waals surface area contributed by atoms with E-state index in [0.717, 1.165) is 31.9 Å². The molecule has 0 saturated carbocycles. The first-order chi connectivity index (χ1) is 9.27. The Morgan fingerprint density at radius 1 is 1.11 bits per heavy atom. The first-order valence-corrected chi connectivity index (χ1v) is 7.31. The van der Waals surface area contributed by atoms with Crippen molar-refractivity contribution in [2.75, 3.05) is 26.4 Å². The van der Waals surface area contributed by atoms with Gasteiger partial charge in [-0.3, -0.25) is 0 Å². The van der Waals surface area contributed by atoms with Crippen LogP contribution in [0.5, 0.6) is 5.75 Å². The normalized spacial score (nSPS) is 12.4. The molecule has 0 saturated heterocycles. The molecular weight excluding hydrogens is 238 g/mol. The first-order valence-electron chi connectivity index (χ1n) is 7.31. The Hall–Kier alpha value is -1.06. The van der Waals surface area contributed by atoms with Crippen molar-refractivity contribution < 1.29 is 9.47 Å². The van der Waals surface area contributed by atoms with Crippen molar-refractivity contribution in [3.8, 4) is 5.75 Å². The highest BCUT2D eigenvalue weighted by molar-refractivity contribution is 5.28. The van der Waals surface area contributed by atoms with Crippen LogP contribution in [0.2, 0.25) is 0 Å². The zero-order valence-corrected chi connectivity index (χ0v) is 12.4. The quantitative estimate of drug-likeness (QED) is 0.656. The maximum absolute atomic E-state index is 5.53. The summed E-state index contributed by atoms with van der Waals surface area (Å²) in [4.78, 5) is 0. The Morgan fingerprint density at radius 3 is 2.47 bits per heavy atom. The molecule has 19 heavy (non-hydrogen) atoms. The molecule has 1 unspecified atom stereocenters. The fraction of sp³-hybridized carbons (Fsp3) is 0.625. The van der Waals surface area contributed by atoms with Crippen LogP contribution in [0.15, 0.2) is 24.3 Å². The highest BCUT2D eigenvalue weighted by Crippen LogP contribution is 2.17. The molecule has 0 aliphatic heterocycles. The van der Waals surface area contributed by atoms with Gasteiger partial charge in [0.05, 0.1) is 13.2 Å². The molecule has 0 spiro atoms. The van der Waals surface area contributed by atoms with Gasteiger partial charge in [0.2, 0.25) is 0 Å². The monoisotopic (exact) mass is 265 g/mol. The molecule has 0 heterocycles. The van der Waals surface area contributed by atoms with E-state index in [1.807, 2.05) is 19.1 Å². The van der Waals surface area contributed by atoms with E-state index in [1.54, 1.807) is 0 Å². The van der Waals surface area contributed by atoms with E-state index in [2.05, 4.69) is 31.3 Å². The number of ether oxygens (including phenoxy) is 2. The SMILES string of the molecule is CCCCOCCNC(C)c1ccc(OCC)cc1. The summed E-state index contributed by atoms with van der Waals surface area (Å²) in [6.45, 7) is 9.59. The molecule has 1 aromatic rings. The van der Waals surface area contributed by atoms with Gasteiger partial charge in [-0.1, -0.05) is 25.5 Å². The molecule has 0 aliphatic carbocycles. The second-order valence-electron chi connectivity index (χ2n) is 4.64. The summed E-state index contributed by atoms with van der Waals surface area (Å²) in [5.41, 5.74) is 1.28. The molecule has 0 bridgehead atoms. The van der Waals surface area contributed by atoms with E-state index >= 15 is 0 Å². The van der Waals surface area contributed by atoms with Gasteiger partial charge in [-0.2, -0.15) is 0 Å². The standard InChI is InChI=1S/C16H27NO2/c1-4-6-12-18-13-11-17-14(3)15-7-9-16(10-8-15)19-5-2/h7-10,14,17H,4-6,11-13H2,1-3H3. The summed E-state index contributed by atoms with van der Waals surface area (Å²) < 4.78 is 11.0. The molecule has 3 heteroatoms. The molecule has 0 amide bonds. The minimum Gasteiger partial charge on any atom is -0.494 e. The number of rotatable bonds is 10. The second kappa shape index (κ2) is 9.82.